The predicted octanol–water partition coefficient (Wildman–Crippen LogP) is 4.48. The van der Waals surface area contributed by atoms with Crippen LogP contribution in [0.3, 0.4) is 0 Å². The Morgan fingerprint density at radius 3 is 2.04 bits per heavy atom. The van der Waals surface area contributed by atoms with Crippen LogP contribution in [0.5, 0.6) is 0 Å². The molecule has 2 atom stereocenters. The lowest BCUT2D eigenvalue weighted by Gasteiger charge is -2.17. The zero-order valence-corrected chi connectivity index (χ0v) is 13.3. The Balaban J connectivity index is 2.57. The topological polar surface area (TPSA) is 37.3 Å². The summed E-state index contributed by atoms with van der Waals surface area (Å²) in [4.78, 5) is 11.8. The van der Waals surface area contributed by atoms with Crippen molar-refractivity contribution in [1.29, 1.82) is 0 Å². The second kappa shape index (κ2) is 5.35. The van der Waals surface area contributed by atoms with Crippen LogP contribution in [-0.4, -0.2) is 11.1 Å². The molecule has 0 aliphatic heterocycles. The molecule has 0 aromatic heterocycles. The Hall–Kier alpha value is -1.85. The number of aliphatic carboxylic acids is 1. The number of halogens is 4. The van der Waals surface area contributed by atoms with Crippen LogP contribution in [0.2, 0.25) is 0 Å². The zero-order chi connectivity index (χ0) is 17.7. The van der Waals surface area contributed by atoms with E-state index in [9.17, 15) is 27.5 Å². The van der Waals surface area contributed by atoms with E-state index in [4.69, 9.17) is 0 Å². The van der Waals surface area contributed by atoms with Crippen molar-refractivity contribution in [2.75, 3.05) is 0 Å². The summed E-state index contributed by atoms with van der Waals surface area (Å²) in [6.07, 6.45) is 1.11. The summed E-state index contributed by atoms with van der Waals surface area (Å²) < 4.78 is 54.6. The maximum absolute atomic E-state index is 13.9. The van der Waals surface area contributed by atoms with Gasteiger partial charge in [-0.3, -0.25) is 4.79 Å². The number of carboxylic acid groups (broad SMARTS) is 1. The predicted molar refractivity (Wildman–Crippen MR) is 76.7 cm³/mol. The van der Waals surface area contributed by atoms with Crippen LogP contribution >= 0.6 is 0 Å². The van der Waals surface area contributed by atoms with Gasteiger partial charge >= 0.3 is 5.97 Å². The fraction of sp³-hybridized carbons (Fsp3) is 0.471. The highest BCUT2D eigenvalue weighted by Gasteiger charge is 2.74. The molecule has 0 bridgehead atoms. The van der Waals surface area contributed by atoms with E-state index in [-0.39, 0.29) is 6.07 Å². The molecule has 1 aliphatic rings. The van der Waals surface area contributed by atoms with Gasteiger partial charge in [0, 0.05) is 17.5 Å². The van der Waals surface area contributed by atoms with Gasteiger partial charge in [-0.05, 0) is 25.7 Å². The average Bonchev–Trinajstić information content (AvgIpc) is 2.88. The van der Waals surface area contributed by atoms with E-state index in [0.717, 1.165) is 5.57 Å². The molecule has 2 rings (SSSR count). The molecule has 0 saturated heterocycles. The number of hydrogen-bond donors (Lipinski definition) is 1. The first-order chi connectivity index (χ1) is 10.5. The van der Waals surface area contributed by atoms with Crippen LogP contribution in [0.4, 0.5) is 17.6 Å². The summed E-state index contributed by atoms with van der Waals surface area (Å²) in [7, 11) is 0. The van der Waals surface area contributed by atoms with Gasteiger partial charge < -0.3 is 5.11 Å². The van der Waals surface area contributed by atoms with E-state index in [1.165, 1.54) is 0 Å². The Morgan fingerprint density at radius 2 is 1.65 bits per heavy atom. The van der Waals surface area contributed by atoms with Gasteiger partial charge in [0.15, 0.2) is 23.3 Å². The summed E-state index contributed by atoms with van der Waals surface area (Å²) in [5, 5.41) is 9.64. The third kappa shape index (κ3) is 2.44. The van der Waals surface area contributed by atoms with Gasteiger partial charge in [0.05, 0.1) is 5.41 Å². The van der Waals surface area contributed by atoms with Crippen LogP contribution in [0.25, 0.3) is 0 Å². The standard InChI is InChI=1S/C17H18F4O2/c1-8(2)5-12-16(3,4)17(12,15(22)23)7-9-13(20)10(18)6-11(19)14(9)21/h5-6,12H,7H2,1-4H3,(H,22,23). The van der Waals surface area contributed by atoms with Gasteiger partial charge in [0.2, 0.25) is 0 Å². The minimum atomic E-state index is -1.54. The smallest absolute Gasteiger partial charge is 0.311 e. The van der Waals surface area contributed by atoms with Gasteiger partial charge in [-0.15, -0.1) is 0 Å². The maximum Gasteiger partial charge on any atom is 0.311 e. The summed E-state index contributed by atoms with van der Waals surface area (Å²) >= 11 is 0. The first kappa shape index (κ1) is 17.5. The fourth-order valence-corrected chi connectivity index (χ4v) is 3.46. The number of hydrogen-bond acceptors (Lipinski definition) is 1. The van der Waals surface area contributed by atoms with E-state index in [0.29, 0.717) is 0 Å². The van der Waals surface area contributed by atoms with Crippen molar-refractivity contribution >= 4 is 5.97 Å². The Morgan fingerprint density at radius 1 is 1.17 bits per heavy atom. The summed E-state index contributed by atoms with van der Waals surface area (Å²) in [5.41, 5.74) is -2.30. The molecule has 1 aromatic carbocycles. The number of allylic oxidation sites excluding steroid dienone is 2. The number of carboxylic acids is 1. The molecule has 0 heterocycles. The van der Waals surface area contributed by atoms with Gasteiger partial charge in [-0.2, -0.15) is 0 Å². The van der Waals surface area contributed by atoms with Gasteiger partial charge in [0.1, 0.15) is 0 Å². The van der Waals surface area contributed by atoms with E-state index in [2.05, 4.69) is 0 Å². The lowest BCUT2D eigenvalue weighted by Crippen LogP contribution is -2.26. The van der Waals surface area contributed by atoms with Crippen molar-refractivity contribution in [3.05, 3.63) is 46.5 Å². The van der Waals surface area contributed by atoms with E-state index < -0.39 is 58.0 Å². The van der Waals surface area contributed by atoms with Crippen molar-refractivity contribution in [2.45, 2.75) is 34.1 Å². The largest absolute Gasteiger partial charge is 0.481 e. The highest BCUT2D eigenvalue weighted by atomic mass is 19.2. The van der Waals surface area contributed by atoms with Crippen molar-refractivity contribution in [3.8, 4) is 0 Å². The van der Waals surface area contributed by atoms with Gasteiger partial charge in [0.25, 0.3) is 0 Å². The molecule has 126 valence electrons. The molecule has 2 unspecified atom stereocenters. The third-order valence-electron chi connectivity index (χ3n) is 4.91. The Kier molecular flexibility index (Phi) is 4.07. The van der Waals surface area contributed by atoms with Crippen LogP contribution in [-0.2, 0) is 11.2 Å². The molecule has 1 saturated carbocycles. The molecule has 1 aliphatic carbocycles. The lowest BCUT2D eigenvalue weighted by atomic mass is 9.87. The quantitative estimate of drug-likeness (QED) is 0.502. The normalized spacial score (nSPS) is 25.1. The number of rotatable bonds is 4. The Bertz CT molecular complexity index is 679. The maximum atomic E-state index is 13.9. The molecule has 1 N–H and O–H groups in total. The van der Waals surface area contributed by atoms with Crippen molar-refractivity contribution in [3.63, 3.8) is 0 Å². The number of carbonyl (C=O) groups is 1. The van der Waals surface area contributed by atoms with Crippen molar-refractivity contribution in [1.82, 2.24) is 0 Å². The molecule has 1 aromatic rings. The monoisotopic (exact) mass is 330 g/mol. The van der Waals surface area contributed by atoms with Crippen molar-refractivity contribution in [2.24, 2.45) is 16.7 Å². The van der Waals surface area contributed by atoms with E-state index in [1.807, 2.05) is 0 Å². The van der Waals surface area contributed by atoms with Gasteiger partial charge in [-0.25, -0.2) is 17.6 Å². The number of benzene rings is 1. The first-order valence-corrected chi connectivity index (χ1v) is 7.17. The first-order valence-electron chi connectivity index (χ1n) is 7.17. The minimum absolute atomic E-state index is 0.118. The van der Waals surface area contributed by atoms with E-state index >= 15 is 0 Å². The molecule has 23 heavy (non-hydrogen) atoms. The molecule has 2 nitrogen and oxygen atoms in total. The molecule has 1 fully saturated rings. The van der Waals surface area contributed by atoms with Crippen LogP contribution in [0.15, 0.2) is 17.7 Å². The molecule has 0 spiro atoms. The molecule has 6 heteroatoms. The second-order valence-corrected chi connectivity index (χ2v) is 6.84. The summed E-state index contributed by atoms with van der Waals surface area (Å²) in [6, 6.07) is 0.118. The molecular weight excluding hydrogens is 312 g/mol. The average molecular weight is 330 g/mol. The minimum Gasteiger partial charge on any atom is -0.481 e. The SMILES string of the molecule is CC(C)=CC1C(C)(C)C1(Cc1c(F)c(F)cc(F)c1F)C(=O)O. The van der Waals surface area contributed by atoms with Crippen LogP contribution in [0.1, 0.15) is 33.3 Å². The van der Waals surface area contributed by atoms with Crippen LogP contribution < -0.4 is 0 Å². The molecule has 0 amide bonds. The molecular formula is C17H18F4O2. The summed E-state index contributed by atoms with van der Waals surface area (Å²) in [6.45, 7) is 6.89. The third-order valence-corrected chi connectivity index (χ3v) is 4.91. The highest BCUT2D eigenvalue weighted by molar-refractivity contribution is 5.82. The van der Waals surface area contributed by atoms with Crippen LogP contribution in [0, 0.1) is 40.0 Å². The fourth-order valence-electron chi connectivity index (χ4n) is 3.46. The Labute approximate surface area is 131 Å². The second-order valence-electron chi connectivity index (χ2n) is 6.84. The van der Waals surface area contributed by atoms with Gasteiger partial charge in [-0.1, -0.05) is 25.5 Å². The highest BCUT2D eigenvalue weighted by Crippen LogP contribution is 2.71. The zero-order valence-electron chi connectivity index (χ0n) is 13.3. The van der Waals surface area contributed by atoms with Crippen molar-refractivity contribution < 1.29 is 27.5 Å². The molecule has 0 radical (unpaired) electrons. The lowest BCUT2D eigenvalue weighted by molar-refractivity contribution is -0.145. The van der Waals surface area contributed by atoms with E-state index in [1.54, 1.807) is 33.8 Å². The summed E-state index contributed by atoms with van der Waals surface area (Å²) in [5.74, 6) is -7.87.